The zero-order valence-electron chi connectivity index (χ0n) is 15.6. The van der Waals surface area contributed by atoms with Crippen molar-refractivity contribution in [1.29, 1.82) is 0 Å². The first kappa shape index (κ1) is 19.4. The van der Waals surface area contributed by atoms with Gasteiger partial charge in [-0.1, -0.05) is 52.3 Å². The highest BCUT2D eigenvalue weighted by Gasteiger charge is 2.17. The minimum atomic E-state index is -0.402. The molecule has 0 N–H and O–H groups in total. The Labute approximate surface area is 181 Å². The first-order chi connectivity index (χ1) is 14.1. The largest absolute Gasteiger partial charge is 0.421 e. The Morgan fingerprint density at radius 2 is 1.79 bits per heavy atom. The number of benzene rings is 3. The van der Waals surface area contributed by atoms with Gasteiger partial charge >= 0.3 is 5.97 Å². The molecule has 29 heavy (non-hydrogen) atoms. The average Bonchev–Trinajstić information content (AvgIpc) is 3.10. The Hall–Kier alpha value is -2.96. The molecular formula is C23H17BrN2O2S. The van der Waals surface area contributed by atoms with E-state index in [2.05, 4.69) is 21.0 Å². The Balaban J connectivity index is 1.67. The van der Waals surface area contributed by atoms with Crippen LogP contribution in [0.25, 0.3) is 10.1 Å². The minimum absolute atomic E-state index is 0.402. The molecular weight excluding hydrogens is 448 g/mol. The topological polar surface area (TPSA) is 41.9 Å². The van der Waals surface area contributed by atoms with Crippen molar-refractivity contribution in [2.24, 2.45) is 5.10 Å². The molecule has 0 unspecified atom stereocenters. The summed E-state index contributed by atoms with van der Waals surface area (Å²) in [6.07, 6.45) is 1.74. The average molecular weight is 465 g/mol. The van der Waals surface area contributed by atoms with Gasteiger partial charge in [-0.3, -0.25) is 5.01 Å². The van der Waals surface area contributed by atoms with Crippen LogP contribution >= 0.6 is 27.3 Å². The molecule has 0 saturated carbocycles. The van der Waals surface area contributed by atoms with Crippen LogP contribution in [0.3, 0.4) is 0 Å². The number of hydrazone groups is 1. The number of anilines is 1. The SMILES string of the molecule is CN(N=Cc1sc2ccccc2c1OC(=O)c1cccc(Br)c1)c1ccccc1. The van der Waals surface area contributed by atoms with Gasteiger partial charge in [0.05, 0.1) is 22.3 Å². The van der Waals surface area contributed by atoms with Crippen molar-refractivity contribution >= 4 is 55.2 Å². The number of para-hydroxylation sites is 1. The van der Waals surface area contributed by atoms with Gasteiger partial charge in [0.2, 0.25) is 0 Å². The summed E-state index contributed by atoms with van der Waals surface area (Å²) in [5.74, 6) is 0.127. The van der Waals surface area contributed by atoms with Gasteiger partial charge in [-0.15, -0.1) is 11.3 Å². The van der Waals surface area contributed by atoms with Gasteiger partial charge in [0.25, 0.3) is 0 Å². The monoisotopic (exact) mass is 464 g/mol. The van der Waals surface area contributed by atoms with Gasteiger partial charge in [0.1, 0.15) is 0 Å². The highest BCUT2D eigenvalue weighted by atomic mass is 79.9. The summed E-state index contributed by atoms with van der Waals surface area (Å²) >= 11 is 4.93. The Morgan fingerprint density at radius 1 is 1.03 bits per heavy atom. The van der Waals surface area contributed by atoms with Crippen molar-refractivity contribution in [3.05, 3.63) is 93.8 Å². The molecule has 0 aliphatic carbocycles. The van der Waals surface area contributed by atoms with Gasteiger partial charge in [-0.2, -0.15) is 5.10 Å². The van der Waals surface area contributed by atoms with Crippen LogP contribution in [0.1, 0.15) is 15.2 Å². The predicted molar refractivity (Wildman–Crippen MR) is 123 cm³/mol. The number of hydrogen-bond donors (Lipinski definition) is 0. The van der Waals surface area contributed by atoms with E-state index in [0.29, 0.717) is 11.3 Å². The number of esters is 1. The summed E-state index contributed by atoms with van der Waals surface area (Å²) in [5.41, 5.74) is 1.46. The van der Waals surface area contributed by atoms with Crippen LogP contribution in [-0.2, 0) is 0 Å². The Morgan fingerprint density at radius 3 is 2.59 bits per heavy atom. The van der Waals surface area contributed by atoms with Gasteiger partial charge in [-0.25, -0.2) is 4.79 Å². The molecule has 0 saturated heterocycles. The molecule has 0 atom stereocenters. The van der Waals surface area contributed by atoms with Crippen molar-refractivity contribution in [2.75, 3.05) is 12.1 Å². The number of carbonyl (C=O) groups is 1. The lowest BCUT2D eigenvalue weighted by Gasteiger charge is -2.12. The number of carbonyl (C=O) groups excluding carboxylic acids is 1. The van der Waals surface area contributed by atoms with Crippen LogP contribution in [0.15, 0.2) is 88.4 Å². The van der Waals surface area contributed by atoms with E-state index in [4.69, 9.17) is 4.74 Å². The molecule has 6 heteroatoms. The van der Waals surface area contributed by atoms with Crippen LogP contribution in [0.2, 0.25) is 0 Å². The fourth-order valence-electron chi connectivity index (χ4n) is 2.85. The van der Waals surface area contributed by atoms with Crippen molar-refractivity contribution in [3.63, 3.8) is 0 Å². The summed E-state index contributed by atoms with van der Waals surface area (Å²) in [5, 5.41) is 7.21. The summed E-state index contributed by atoms with van der Waals surface area (Å²) in [6.45, 7) is 0. The molecule has 0 aliphatic rings. The van der Waals surface area contributed by atoms with Crippen molar-refractivity contribution in [3.8, 4) is 5.75 Å². The molecule has 1 aromatic heterocycles. The number of hydrogen-bond acceptors (Lipinski definition) is 5. The third-order valence-electron chi connectivity index (χ3n) is 4.31. The van der Waals surface area contributed by atoms with Crippen LogP contribution in [0.4, 0.5) is 5.69 Å². The van der Waals surface area contributed by atoms with Crippen LogP contribution in [-0.4, -0.2) is 19.2 Å². The van der Waals surface area contributed by atoms with Crippen molar-refractivity contribution in [2.45, 2.75) is 0 Å². The van der Waals surface area contributed by atoms with Crippen molar-refractivity contribution < 1.29 is 9.53 Å². The third-order valence-corrected chi connectivity index (χ3v) is 5.89. The lowest BCUT2D eigenvalue weighted by atomic mass is 10.2. The van der Waals surface area contributed by atoms with Gasteiger partial charge in [0, 0.05) is 21.6 Å². The normalized spacial score (nSPS) is 11.1. The predicted octanol–water partition coefficient (Wildman–Crippen LogP) is 6.35. The molecule has 0 fully saturated rings. The molecule has 4 aromatic rings. The van der Waals surface area contributed by atoms with E-state index in [1.54, 1.807) is 23.4 Å². The second-order valence-corrected chi connectivity index (χ2v) is 8.29. The molecule has 0 radical (unpaired) electrons. The summed E-state index contributed by atoms with van der Waals surface area (Å²) in [6, 6.07) is 24.9. The molecule has 3 aromatic carbocycles. The number of ether oxygens (including phenoxy) is 1. The van der Waals surface area contributed by atoms with E-state index >= 15 is 0 Å². The Kier molecular flexibility index (Phi) is 5.74. The van der Waals surface area contributed by atoms with E-state index < -0.39 is 5.97 Å². The molecule has 0 amide bonds. The van der Waals surface area contributed by atoms with Crippen LogP contribution < -0.4 is 9.75 Å². The number of fused-ring (bicyclic) bond motifs is 1. The highest BCUT2D eigenvalue weighted by molar-refractivity contribution is 9.10. The van der Waals surface area contributed by atoms with Crippen LogP contribution in [0, 0.1) is 0 Å². The molecule has 144 valence electrons. The molecule has 0 spiro atoms. The third kappa shape index (κ3) is 4.39. The van der Waals surface area contributed by atoms with E-state index in [1.807, 2.05) is 73.8 Å². The molecule has 1 heterocycles. The first-order valence-electron chi connectivity index (χ1n) is 8.94. The summed E-state index contributed by atoms with van der Waals surface area (Å²) in [7, 11) is 1.88. The molecule has 0 bridgehead atoms. The lowest BCUT2D eigenvalue weighted by Crippen LogP contribution is -2.10. The smallest absolute Gasteiger partial charge is 0.343 e. The van der Waals surface area contributed by atoms with E-state index in [0.717, 1.165) is 25.1 Å². The van der Waals surface area contributed by atoms with Crippen molar-refractivity contribution in [1.82, 2.24) is 0 Å². The summed E-state index contributed by atoms with van der Waals surface area (Å²) in [4.78, 5) is 13.5. The molecule has 0 aliphatic heterocycles. The van der Waals surface area contributed by atoms with E-state index in [1.165, 1.54) is 11.3 Å². The molecule has 4 nitrogen and oxygen atoms in total. The zero-order valence-corrected chi connectivity index (χ0v) is 18.0. The second-order valence-electron chi connectivity index (χ2n) is 6.30. The number of thiophene rings is 1. The first-order valence-corrected chi connectivity index (χ1v) is 10.5. The zero-order chi connectivity index (χ0) is 20.2. The number of rotatable bonds is 5. The summed E-state index contributed by atoms with van der Waals surface area (Å²) < 4.78 is 7.68. The maximum absolute atomic E-state index is 12.7. The van der Waals surface area contributed by atoms with Gasteiger partial charge < -0.3 is 4.74 Å². The number of nitrogens with zero attached hydrogens (tertiary/aromatic N) is 2. The highest BCUT2D eigenvalue weighted by Crippen LogP contribution is 2.37. The lowest BCUT2D eigenvalue weighted by molar-refractivity contribution is 0.0737. The number of halogens is 1. The maximum atomic E-state index is 12.7. The molecule has 4 rings (SSSR count). The van der Waals surface area contributed by atoms with Gasteiger partial charge in [0.15, 0.2) is 5.75 Å². The quantitative estimate of drug-likeness (QED) is 0.196. The standard InChI is InChI=1S/C23H17BrN2O2S/c1-26(18-10-3-2-4-11-18)25-15-21-22(19-12-5-6-13-20(19)29-21)28-23(27)16-8-7-9-17(24)14-16/h2-15H,1H3. The Bertz CT molecular complexity index is 1190. The van der Waals surface area contributed by atoms with Gasteiger partial charge in [-0.05, 0) is 42.5 Å². The van der Waals surface area contributed by atoms with E-state index in [-0.39, 0.29) is 0 Å². The minimum Gasteiger partial charge on any atom is -0.421 e. The van der Waals surface area contributed by atoms with E-state index in [9.17, 15) is 4.79 Å². The second kappa shape index (κ2) is 8.59. The fourth-order valence-corrected chi connectivity index (χ4v) is 4.25. The fraction of sp³-hybridized carbons (Fsp3) is 0.0435. The van der Waals surface area contributed by atoms with Crippen LogP contribution in [0.5, 0.6) is 5.75 Å². The maximum Gasteiger partial charge on any atom is 0.343 e.